The maximum atomic E-state index is 6.46. The van der Waals surface area contributed by atoms with E-state index < -0.39 is 0 Å². The summed E-state index contributed by atoms with van der Waals surface area (Å²) in [6.07, 6.45) is 0. The number of hydrogen-bond donors (Lipinski definition) is 0. The van der Waals surface area contributed by atoms with Crippen LogP contribution in [0, 0.1) is 0 Å². The number of anilines is 3. The molecule has 0 radical (unpaired) electrons. The largest absolute Gasteiger partial charge is 0.456 e. The van der Waals surface area contributed by atoms with Crippen molar-refractivity contribution in [2.24, 2.45) is 0 Å². The molecule has 8 aromatic carbocycles. The van der Waals surface area contributed by atoms with E-state index >= 15 is 0 Å². The van der Waals surface area contributed by atoms with Crippen LogP contribution in [0.15, 0.2) is 192 Å². The normalized spacial score (nSPS) is 11.5. The SMILES string of the molecule is c1ccc(-c2ccc(N(c3ccc4c(c3)oc3ccccc34)c3ccc4sc5ccccc5c4c3-c3cccc(-c4ccccc4)c3)cc2)cc1. The van der Waals surface area contributed by atoms with Crippen LogP contribution in [0.4, 0.5) is 17.1 Å². The van der Waals surface area contributed by atoms with Crippen LogP contribution in [0.3, 0.4) is 0 Å². The predicted octanol–water partition coefficient (Wildman–Crippen LogP) is 14.4. The highest BCUT2D eigenvalue weighted by molar-refractivity contribution is 7.26. The minimum absolute atomic E-state index is 0.870. The second kappa shape index (κ2) is 12.2. The van der Waals surface area contributed by atoms with Crippen LogP contribution in [-0.4, -0.2) is 0 Å². The zero-order chi connectivity index (χ0) is 33.7. The van der Waals surface area contributed by atoms with E-state index in [0.717, 1.165) is 39.0 Å². The van der Waals surface area contributed by atoms with E-state index in [2.05, 4.69) is 181 Å². The summed E-state index contributed by atoms with van der Waals surface area (Å²) in [6, 6.07) is 67.5. The van der Waals surface area contributed by atoms with Crippen LogP contribution in [-0.2, 0) is 0 Å². The molecule has 0 fully saturated rings. The molecule has 0 aliphatic carbocycles. The van der Waals surface area contributed by atoms with E-state index in [9.17, 15) is 0 Å². The van der Waals surface area contributed by atoms with Gasteiger partial charge in [0.25, 0.3) is 0 Å². The number of nitrogens with zero attached hydrogens (tertiary/aromatic N) is 1. The number of hydrogen-bond acceptors (Lipinski definition) is 3. The van der Waals surface area contributed by atoms with Gasteiger partial charge in [0, 0.05) is 53.9 Å². The molecule has 0 aliphatic heterocycles. The van der Waals surface area contributed by atoms with Crippen LogP contribution >= 0.6 is 11.3 Å². The van der Waals surface area contributed by atoms with Gasteiger partial charge in [0.1, 0.15) is 11.2 Å². The van der Waals surface area contributed by atoms with Crippen LogP contribution in [0.25, 0.3) is 75.5 Å². The Morgan fingerprint density at radius 2 is 0.980 bits per heavy atom. The Labute approximate surface area is 300 Å². The van der Waals surface area contributed by atoms with Crippen LogP contribution < -0.4 is 4.90 Å². The second-order valence-electron chi connectivity index (χ2n) is 12.9. The van der Waals surface area contributed by atoms with E-state index in [1.54, 1.807) is 0 Å². The number of fused-ring (bicyclic) bond motifs is 6. The first-order chi connectivity index (χ1) is 25.3. The molecular weight excluding hydrogens is 639 g/mol. The van der Waals surface area contributed by atoms with Crippen LogP contribution in [0.2, 0.25) is 0 Å². The third-order valence-electron chi connectivity index (χ3n) is 9.87. The Balaban J connectivity index is 1.25. The van der Waals surface area contributed by atoms with Gasteiger partial charge in [-0.05, 0) is 82.4 Å². The summed E-state index contributed by atoms with van der Waals surface area (Å²) in [5.74, 6) is 0. The van der Waals surface area contributed by atoms with Crippen molar-refractivity contribution in [2.45, 2.75) is 0 Å². The number of thiophene rings is 1. The first-order valence-electron chi connectivity index (χ1n) is 17.3. The molecule has 0 aliphatic rings. The van der Waals surface area contributed by atoms with E-state index in [4.69, 9.17) is 4.42 Å². The molecule has 0 atom stereocenters. The van der Waals surface area contributed by atoms with Crippen molar-refractivity contribution in [2.75, 3.05) is 4.90 Å². The monoisotopic (exact) mass is 669 g/mol. The molecule has 0 saturated heterocycles. The second-order valence-corrected chi connectivity index (χ2v) is 14.0. The molecular formula is C48H31NOS. The van der Waals surface area contributed by atoms with Crippen molar-refractivity contribution in [1.29, 1.82) is 0 Å². The van der Waals surface area contributed by atoms with Gasteiger partial charge in [-0.25, -0.2) is 0 Å². The lowest BCUT2D eigenvalue weighted by atomic mass is 9.93. The van der Waals surface area contributed by atoms with Crippen molar-refractivity contribution >= 4 is 70.5 Å². The van der Waals surface area contributed by atoms with Crippen LogP contribution in [0.1, 0.15) is 0 Å². The molecule has 2 aromatic heterocycles. The Kier molecular flexibility index (Phi) is 7.04. The lowest BCUT2D eigenvalue weighted by molar-refractivity contribution is 0.669. The molecule has 10 aromatic rings. The van der Waals surface area contributed by atoms with Gasteiger partial charge in [-0.15, -0.1) is 11.3 Å². The third-order valence-corrected chi connectivity index (χ3v) is 11.0. The quantitative estimate of drug-likeness (QED) is 0.175. The highest BCUT2D eigenvalue weighted by Gasteiger charge is 2.23. The van der Waals surface area contributed by atoms with Crippen molar-refractivity contribution in [3.63, 3.8) is 0 Å². The van der Waals surface area contributed by atoms with E-state index in [1.165, 1.54) is 53.6 Å². The zero-order valence-electron chi connectivity index (χ0n) is 27.7. The zero-order valence-corrected chi connectivity index (χ0v) is 28.5. The Morgan fingerprint density at radius 1 is 0.373 bits per heavy atom. The van der Waals surface area contributed by atoms with Crippen LogP contribution in [0.5, 0.6) is 0 Å². The van der Waals surface area contributed by atoms with Crippen molar-refractivity contribution in [3.8, 4) is 33.4 Å². The average Bonchev–Trinajstić information content (AvgIpc) is 3.77. The molecule has 2 nitrogen and oxygen atoms in total. The molecule has 51 heavy (non-hydrogen) atoms. The standard InChI is InChI=1S/C48H31NOS/c1-3-12-32(13-4-1)34-22-24-37(25-23-34)49(38-26-27-40-39-18-7-9-20-43(39)50-44(40)31-38)42-28-29-46-48(41-19-8-10-21-45(41)51-46)47(42)36-17-11-16-35(30-36)33-14-5-2-6-15-33/h1-31H. The fourth-order valence-corrected chi connectivity index (χ4v) is 8.60. The molecule has 10 rings (SSSR count). The van der Waals surface area contributed by atoms with Crippen molar-refractivity contribution in [3.05, 3.63) is 188 Å². The van der Waals surface area contributed by atoms with Gasteiger partial charge >= 0.3 is 0 Å². The average molecular weight is 670 g/mol. The van der Waals surface area contributed by atoms with Gasteiger partial charge < -0.3 is 9.32 Å². The Morgan fingerprint density at radius 3 is 1.78 bits per heavy atom. The van der Waals surface area contributed by atoms with Gasteiger partial charge in [0.2, 0.25) is 0 Å². The molecule has 0 unspecified atom stereocenters. The summed E-state index contributed by atoms with van der Waals surface area (Å²) >= 11 is 1.85. The summed E-state index contributed by atoms with van der Waals surface area (Å²) in [7, 11) is 0. The van der Waals surface area contributed by atoms with E-state index in [-0.39, 0.29) is 0 Å². The number of rotatable bonds is 6. The molecule has 0 bridgehead atoms. The molecule has 2 heterocycles. The Hall–Kier alpha value is -6.42. The fraction of sp³-hybridized carbons (Fsp3) is 0. The summed E-state index contributed by atoms with van der Waals surface area (Å²) < 4.78 is 9.02. The summed E-state index contributed by atoms with van der Waals surface area (Å²) in [4.78, 5) is 2.40. The maximum Gasteiger partial charge on any atom is 0.137 e. The van der Waals surface area contributed by atoms with E-state index in [1.807, 2.05) is 23.5 Å². The fourth-order valence-electron chi connectivity index (χ4n) is 7.48. The van der Waals surface area contributed by atoms with Gasteiger partial charge in [0.15, 0.2) is 0 Å². The summed E-state index contributed by atoms with van der Waals surface area (Å²) in [6.45, 7) is 0. The lowest BCUT2D eigenvalue weighted by Gasteiger charge is -2.29. The smallest absolute Gasteiger partial charge is 0.137 e. The molecule has 0 spiro atoms. The topological polar surface area (TPSA) is 16.4 Å². The minimum atomic E-state index is 0.870. The minimum Gasteiger partial charge on any atom is -0.456 e. The number of benzene rings is 8. The van der Waals surface area contributed by atoms with Gasteiger partial charge in [-0.1, -0.05) is 127 Å². The first-order valence-corrected chi connectivity index (χ1v) is 18.1. The van der Waals surface area contributed by atoms with Gasteiger partial charge in [0.05, 0.1) is 5.69 Å². The molecule has 240 valence electrons. The molecule has 0 saturated carbocycles. The highest BCUT2D eigenvalue weighted by atomic mass is 32.1. The third kappa shape index (κ3) is 5.10. The van der Waals surface area contributed by atoms with E-state index in [0.29, 0.717) is 0 Å². The van der Waals surface area contributed by atoms with Gasteiger partial charge in [-0.2, -0.15) is 0 Å². The molecule has 0 amide bonds. The maximum absolute atomic E-state index is 6.46. The van der Waals surface area contributed by atoms with Crippen molar-refractivity contribution in [1.82, 2.24) is 0 Å². The first kappa shape index (κ1) is 29.5. The summed E-state index contributed by atoms with van der Waals surface area (Å²) in [5.41, 5.74) is 12.1. The molecule has 3 heteroatoms. The van der Waals surface area contributed by atoms with Crippen molar-refractivity contribution < 1.29 is 4.42 Å². The number of para-hydroxylation sites is 1. The number of furan rings is 1. The summed E-state index contributed by atoms with van der Waals surface area (Å²) in [5, 5.41) is 4.78. The predicted molar refractivity (Wildman–Crippen MR) is 218 cm³/mol. The highest BCUT2D eigenvalue weighted by Crippen LogP contribution is 2.49. The van der Waals surface area contributed by atoms with Gasteiger partial charge in [-0.3, -0.25) is 0 Å². The lowest BCUT2D eigenvalue weighted by Crippen LogP contribution is -2.11. The Bertz CT molecular complexity index is 2850. The molecule has 0 N–H and O–H groups in total.